The Balaban J connectivity index is 4.45. The molecule has 18 heteroatoms. The molecule has 0 aliphatic carbocycles. The van der Waals surface area contributed by atoms with Crippen LogP contribution in [-0.2, 0) is 55.8 Å². The Labute approximate surface area is 578 Å². The third-order valence-electron chi connectivity index (χ3n) is 16.1. The summed E-state index contributed by atoms with van der Waals surface area (Å²) in [5.41, 5.74) is 0. The Hall–Kier alpha value is -3.27. The highest BCUT2D eigenvalue weighted by atomic mass is 31.2. The van der Waals surface area contributed by atoms with Crippen molar-refractivity contribution in [2.24, 2.45) is 0 Å². The lowest BCUT2D eigenvalue weighted by molar-refractivity contribution is -0.161. The van der Waals surface area contributed by atoms with Crippen LogP contribution >= 0.6 is 15.6 Å². The van der Waals surface area contributed by atoms with Crippen molar-refractivity contribution in [1.82, 2.24) is 0 Å². The summed E-state index contributed by atoms with van der Waals surface area (Å²) in [6.07, 6.45) is 77.8. The van der Waals surface area contributed by atoms with Crippen LogP contribution in [0.25, 0.3) is 0 Å². The molecule has 0 bridgehead atoms. The molecule has 0 rings (SSSR count). The maximum Gasteiger partial charge on any atom is 0.472 e. The summed E-state index contributed by atoms with van der Waals surface area (Å²) in [6.45, 7) is 2.56. The second-order valence-corrected chi connectivity index (χ2v) is 28.3. The zero-order valence-corrected chi connectivity index (χ0v) is 61.9. The van der Waals surface area contributed by atoms with Crippen LogP contribution in [0.1, 0.15) is 329 Å². The number of carbonyl (C=O) groups is 3. The molecule has 0 spiro atoms. The van der Waals surface area contributed by atoms with Crippen molar-refractivity contribution >= 4 is 33.6 Å². The first-order chi connectivity index (χ1) is 46.2. The average Bonchev–Trinajstić information content (AvgIpc) is 1.83. The second-order valence-electron chi connectivity index (χ2n) is 25.4. The zero-order valence-electron chi connectivity index (χ0n) is 60.1. The summed E-state index contributed by atoms with van der Waals surface area (Å²) >= 11 is 0. The fourth-order valence-electron chi connectivity index (χ4n) is 10.3. The number of hydrogen-bond acceptors (Lipinski definition) is 14. The van der Waals surface area contributed by atoms with Gasteiger partial charge in [-0.15, -0.1) is 0 Å². The van der Waals surface area contributed by atoms with E-state index in [2.05, 4.69) is 106 Å². The first-order valence-corrected chi connectivity index (χ1v) is 40.9. The monoisotopic (exact) mass is 1380 g/mol. The normalized spacial score (nSPS) is 14.6. The molecule has 95 heavy (non-hydrogen) atoms. The number of ether oxygens (including phenoxy) is 3. The molecule has 552 valence electrons. The number of aliphatic hydroxyl groups is 2. The molecule has 0 aliphatic heterocycles. The lowest BCUT2D eigenvalue weighted by Crippen LogP contribution is -2.30. The average molecular weight is 1380 g/mol. The predicted octanol–water partition coefficient (Wildman–Crippen LogP) is 21.7. The molecule has 0 saturated heterocycles. The Morgan fingerprint density at radius 2 is 0.558 bits per heavy atom. The van der Waals surface area contributed by atoms with E-state index in [1.54, 1.807) is 0 Å². The van der Waals surface area contributed by atoms with Crippen LogP contribution in [0.5, 0.6) is 0 Å². The van der Waals surface area contributed by atoms with Gasteiger partial charge in [-0.25, -0.2) is 9.13 Å². The lowest BCUT2D eigenvalue weighted by atomic mass is 10.0. The van der Waals surface area contributed by atoms with Crippen molar-refractivity contribution in [2.75, 3.05) is 39.6 Å². The van der Waals surface area contributed by atoms with E-state index >= 15 is 0 Å². The number of rotatable bonds is 72. The van der Waals surface area contributed by atoms with Crippen LogP contribution in [-0.4, -0.2) is 95.9 Å². The summed E-state index contributed by atoms with van der Waals surface area (Å²) in [5.74, 6) is -1.57. The fourth-order valence-corrected chi connectivity index (χ4v) is 11.9. The quantitative estimate of drug-likeness (QED) is 0.0146. The highest BCUT2D eigenvalue weighted by molar-refractivity contribution is 7.47. The van der Waals surface area contributed by atoms with Crippen molar-refractivity contribution in [2.45, 2.75) is 347 Å². The van der Waals surface area contributed by atoms with Gasteiger partial charge in [0.05, 0.1) is 26.4 Å². The molecule has 4 N–H and O–H groups in total. The first-order valence-electron chi connectivity index (χ1n) is 37.9. The van der Waals surface area contributed by atoms with Crippen LogP contribution in [0.4, 0.5) is 0 Å². The molecule has 5 unspecified atom stereocenters. The van der Waals surface area contributed by atoms with Gasteiger partial charge in [-0.05, 0) is 96.3 Å². The standard InChI is InChI=1S/C77H138O16P2/c1-4-7-10-13-16-19-22-25-27-29-30-31-32-33-34-35-36-37-38-39-40-42-44-46-48-51-54-57-60-63-75(80)87-66-72(78)67-89-94(83,84)90-68-73(79)69-91-95(85,86)92-71-74(93-77(82)65-62-59-56-53-50-45-24-21-18-15-12-9-6-3)70-88-76(81)64-61-58-55-52-49-47-43-41-28-26-23-20-17-14-11-8-5-2/h8,11,16-17,19-20,25-28,30-31,33-34,72-74,78-79H,4-7,9-10,12-15,18,21-24,29,32,35-71H2,1-3H3,(H,83,84)(H,85,86)/b11-8-,19-16-,20-17-,27-25-,28-26-,31-30-,34-33-. The molecule has 0 saturated carbocycles. The Bertz CT molecular complexity index is 2070. The molecule has 0 aliphatic rings. The summed E-state index contributed by atoms with van der Waals surface area (Å²) in [4.78, 5) is 58.5. The maximum absolute atomic E-state index is 12.9. The highest BCUT2D eigenvalue weighted by Crippen LogP contribution is 2.45. The van der Waals surface area contributed by atoms with Gasteiger partial charge in [0.25, 0.3) is 0 Å². The molecule has 5 atom stereocenters. The van der Waals surface area contributed by atoms with Crippen LogP contribution in [0.3, 0.4) is 0 Å². The number of esters is 3. The topological polar surface area (TPSA) is 231 Å². The summed E-state index contributed by atoms with van der Waals surface area (Å²) < 4.78 is 61.0. The van der Waals surface area contributed by atoms with E-state index in [0.717, 1.165) is 135 Å². The SMILES string of the molecule is CC/C=C\C/C=C\C/C=C\CCCCCCCCCC(=O)OCC(COP(=O)(O)OCC(O)COP(=O)(O)OCC(O)COC(=O)CCCCCCCCCCCCCCC/C=C\C/C=C\C/C=C\C/C=C\CCCCC)OC(=O)CCCCCCCCCCCCCCC. The van der Waals surface area contributed by atoms with Gasteiger partial charge in [-0.2, -0.15) is 0 Å². The maximum atomic E-state index is 12.9. The van der Waals surface area contributed by atoms with Gasteiger partial charge in [0.1, 0.15) is 25.4 Å². The lowest BCUT2D eigenvalue weighted by Gasteiger charge is -2.21. The number of aliphatic hydroxyl groups excluding tert-OH is 2. The number of allylic oxidation sites excluding steroid dienone is 14. The van der Waals surface area contributed by atoms with Crippen molar-refractivity contribution < 1.29 is 75.8 Å². The fraction of sp³-hybridized carbons (Fsp3) is 0.779. The minimum Gasteiger partial charge on any atom is -0.463 e. The highest BCUT2D eigenvalue weighted by Gasteiger charge is 2.29. The van der Waals surface area contributed by atoms with Gasteiger partial charge in [-0.3, -0.25) is 32.5 Å². The number of carbonyl (C=O) groups excluding carboxylic acids is 3. The third kappa shape index (κ3) is 71.8. The van der Waals surface area contributed by atoms with E-state index in [0.29, 0.717) is 19.3 Å². The largest absolute Gasteiger partial charge is 0.472 e. The van der Waals surface area contributed by atoms with E-state index in [1.807, 2.05) is 0 Å². The van der Waals surface area contributed by atoms with Crippen LogP contribution in [0, 0.1) is 0 Å². The Morgan fingerprint density at radius 1 is 0.305 bits per heavy atom. The van der Waals surface area contributed by atoms with Crippen LogP contribution in [0.15, 0.2) is 85.1 Å². The van der Waals surface area contributed by atoms with E-state index in [-0.39, 0.29) is 19.3 Å². The number of hydrogen-bond donors (Lipinski definition) is 4. The first kappa shape index (κ1) is 91.7. The van der Waals surface area contributed by atoms with E-state index < -0.39 is 91.5 Å². The Morgan fingerprint density at radius 3 is 0.905 bits per heavy atom. The molecule has 0 radical (unpaired) electrons. The van der Waals surface area contributed by atoms with Gasteiger partial charge in [0.2, 0.25) is 0 Å². The zero-order chi connectivity index (χ0) is 69.5. The van der Waals surface area contributed by atoms with Gasteiger partial charge >= 0.3 is 33.6 Å². The van der Waals surface area contributed by atoms with E-state index in [1.165, 1.54) is 135 Å². The van der Waals surface area contributed by atoms with Crippen LogP contribution in [0.2, 0.25) is 0 Å². The number of phosphoric acid groups is 2. The van der Waals surface area contributed by atoms with E-state index in [4.69, 9.17) is 32.3 Å². The molecular weight excluding hydrogens is 1240 g/mol. The molecule has 0 amide bonds. The van der Waals surface area contributed by atoms with Crippen molar-refractivity contribution in [3.63, 3.8) is 0 Å². The second kappa shape index (κ2) is 70.6. The molecule has 0 heterocycles. The van der Waals surface area contributed by atoms with Gasteiger partial charge in [-0.1, -0.05) is 298 Å². The Kier molecular flexibility index (Phi) is 68.2. The molecule has 0 aromatic rings. The van der Waals surface area contributed by atoms with Crippen molar-refractivity contribution in [3.8, 4) is 0 Å². The van der Waals surface area contributed by atoms with Crippen molar-refractivity contribution in [1.29, 1.82) is 0 Å². The minimum absolute atomic E-state index is 0.107. The smallest absolute Gasteiger partial charge is 0.463 e. The van der Waals surface area contributed by atoms with E-state index in [9.17, 15) is 43.5 Å². The summed E-state index contributed by atoms with van der Waals surface area (Å²) in [7, 11) is -9.77. The summed E-state index contributed by atoms with van der Waals surface area (Å²) in [5, 5.41) is 20.6. The van der Waals surface area contributed by atoms with Crippen molar-refractivity contribution in [3.05, 3.63) is 85.1 Å². The van der Waals surface area contributed by atoms with Gasteiger partial charge < -0.3 is 34.2 Å². The molecule has 0 aromatic heterocycles. The van der Waals surface area contributed by atoms with Crippen LogP contribution < -0.4 is 0 Å². The third-order valence-corrected chi connectivity index (χ3v) is 18.0. The molecular formula is C77H138O16P2. The number of phosphoric ester groups is 2. The molecule has 0 aromatic carbocycles. The number of unbranched alkanes of at least 4 members (excludes halogenated alkanes) is 35. The molecule has 16 nitrogen and oxygen atoms in total. The molecule has 0 fully saturated rings. The van der Waals surface area contributed by atoms with Gasteiger partial charge in [0, 0.05) is 19.3 Å². The minimum atomic E-state index is -4.92. The summed E-state index contributed by atoms with van der Waals surface area (Å²) in [6, 6.07) is 0. The van der Waals surface area contributed by atoms with Gasteiger partial charge in [0.15, 0.2) is 6.10 Å². The predicted molar refractivity (Wildman–Crippen MR) is 390 cm³/mol.